The van der Waals surface area contributed by atoms with Gasteiger partial charge in [-0.2, -0.15) is 10.5 Å². The van der Waals surface area contributed by atoms with E-state index in [0.29, 0.717) is 45.0 Å². The van der Waals surface area contributed by atoms with Crippen LogP contribution in [0.25, 0.3) is 154 Å². The fourth-order valence-corrected chi connectivity index (χ4v) is 14.1. The molecule has 11 aromatic carbocycles. The smallest absolute Gasteiger partial charge is 0.160 e. The van der Waals surface area contributed by atoms with Crippen LogP contribution in [0.5, 0.6) is 0 Å². The Morgan fingerprint density at radius 2 is 0.619 bits per heavy atom. The highest BCUT2D eigenvalue weighted by molar-refractivity contribution is 6.24. The average molecular weight is 1080 g/mol. The summed E-state index contributed by atoms with van der Waals surface area (Å²) in [5.74, 6) is 0. The molecule has 0 aliphatic heterocycles. The molecule has 8 nitrogen and oxygen atoms in total. The van der Waals surface area contributed by atoms with Gasteiger partial charge in [-0.1, -0.05) is 175 Å². The molecule has 0 N–H and O–H groups in total. The molecule has 0 spiro atoms. The Labute approximate surface area is 482 Å². The van der Waals surface area contributed by atoms with Crippen LogP contribution in [-0.4, -0.2) is 18.3 Å². The molecule has 0 saturated carbocycles. The van der Waals surface area contributed by atoms with E-state index in [4.69, 9.17) is 8.83 Å². The predicted molar refractivity (Wildman–Crippen MR) is 345 cm³/mol. The van der Waals surface area contributed by atoms with E-state index in [2.05, 4.69) is 248 Å². The van der Waals surface area contributed by atoms with Crippen molar-refractivity contribution in [2.45, 2.75) is 52.4 Å². The lowest BCUT2D eigenvalue weighted by Gasteiger charge is -2.27. The molecule has 8 heteroatoms. The summed E-state index contributed by atoms with van der Waals surface area (Å²) < 4.78 is 23.4. The molecule has 0 atom stereocenters. The molecule has 6 heterocycles. The first-order valence-electron chi connectivity index (χ1n) is 28.7. The zero-order valence-electron chi connectivity index (χ0n) is 47.1. The van der Waals surface area contributed by atoms with Gasteiger partial charge in [0.1, 0.15) is 34.4 Å². The number of fused-ring (bicyclic) bond motifs is 20. The van der Waals surface area contributed by atoms with Gasteiger partial charge in [-0.15, -0.1) is 0 Å². The van der Waals surface area contributed by atoms with Crippen molar-refractivity contribution < 1.29 is 8.83 Å². The second-order valence-electron chi connectivity index (χ2n) is 24.6. The SMILES string of the molecule is CC(C)(C)c1ccc2c(c1)c1ccc3c4ccccc4oc3c1n2-c1c(C#N)c(-n2c3ccccc3c3ccccc32)c(-n2c3ccc(C(C)(C)C)cc3c3ccc4c5ccccc5oc4c32)c(-n2c3ccccc3c3ccccc32)c1C#N. The van der Waals surface area contributed by atoms with Gasteiger partial charge in [-0.25, -0.2) is 0 Å². The molecule has 0 fully saturated rings. The molecule has 0 bridgehead atoms. The summed E-state index contributed by atoms with van der Waals surface area (Å²) in [6.45, 7) is 13.5. The fraction of sp³-hybridized carbons (Fsp3) is 0.105. The van der Waals surface area contributed by atoms with E-state index in [1.165, 1.54) is 5.56 Å². The summed E-state index contributed by atoms with van der Waals surface area (Å²) in [5.41, 5.74) is 14.7. The van der Waals surface area contributed by atoms with Crippen molar-refractivity contribution in [3.05, 3.63) is 229 Å². The minimum Gasteiger partial charge on any atom is -0.454 e. The molecule has 0 amide bonds. The fourth-order valence-electron chi connectivity index (χ4n) is 14.1. The highest BCUT2D eigenvalue weighted by atomic mass is 16.3. The highest BCUT2D eigenvalue weighted by Crippen LogP contribution is 2.52. The standard InChI is InChI=1S/C76H52N6O2/c1-75(2,3)43-31-37-63-55(39-43)51-33-35-53-49-23-11-17-29-65(49)83-73(53)70(51)81(63)67-57(41-77)68(79-59-25-13-7-19-45(59)46-20-8-14-26-60(46)79)72(69(58(67)42-78)80-61-27-15-9-21-47(61)48-22-10-16-28-62(48)80)82-64-38-32-44(76(4,5)6)40-56(64)52-34-36-54-50-24-12-18-30-66(50)84-74(54)71(52)82/h7-40H,1-6H3. The molecule has 398 valence electrons. The predicted octanol–water partition coefficient (Wildman–Crippen LogP) is 20.2. The topological polar surface area (TPSA) is 93.6 Å². The Morgan fingerprint density at radius 3 is 0.988 bits per heavy atom. The van der Waals surface area contributed by atoms with E-state index in [9.17, 15) is 10.5 Å². The van der Waals surface area contributed by atoms with Gasteiger partial charge < -0.3 is 27.1 Å². The molecule has 0 aliphatic carbocycles. The largest absolute Gasteiger partial charge is 0.454 e. The lowest BCUT2D eigenvalue weighted by Crippen LogP contribution is -2.17. The summed E-state index contributed by atoms with van der Waals surface area (Å²) in [7, 11) is 0. The minimum absolute atomic E-state index is 0.195. The van der Waals surface area contributed by atoms with Gasteiger partial charge in [0.05, 0.1) is 66.9 Å². The minimum atomic E-state index is -0.196. The third-order valence-corrected chi connectivity index (χ3v) is 18.0. The van der Waals surface area contributed by atoms with Crippen LogP contribution in [0.1, 0.15) is 63.8 Å². The average Bonchev–Trinajstić information content (AvgIpc) is 1.55. The summed E-state index contributed by atoms with van der Waals surface area (Å²) >= 11 is 0. The Balaban J connectivity index is 1.21. The van der Waals surface area contributed by atoms with Crippen LogP contribution in [0.15, 0.2) is 215 Å². The molecule has 0 aliphatic rings. The Hall–Kier alpha value is -10.8. The van der Waals surface area contributed by atoms with Gasteiger partial charge in [-0.3, -0.25) is 0 Å². The summed E-state index contributed by atoms with van der Waals surface area (Å²) in [4.78, 5) is 0. The Kier molecular flexibility index (Phi) is 9.64. The second kappa shape index (κ2) is 16.9. The van der Waals surface area contributed by atoms with E-state index >= 15 is 0 Å². The van der Waals surface area contributed by atoms with E-state index in [1.54, 1.807) is 0 Å². The summed E-state index contributed by atoms with van der Waals surface area (Å²) in [5, 5.41) is 37.8. The number of nitriles is 2. The third-order valence-electron chi connectivity index (χ3n) is 18.0. The lowest BCUT2D eigenvalue weighted by atomic mass is 9.86. The van der Waals surface area contributed by atoms with Gasteiger partial charge in [0, 0.05) is 64.6 Å². The number of furan rings is 2. The highest BCUT2D eigenvalue weighted by Gasteiger charge is 2.36. The molecule has 6 aromatic heterocycles. The molecule has 0 unspecified atom stereocenters. The van der Waals surface area contributed by atoms with E-state index in [1.807, 2.05) is 30.3 Å². The van der Waals surface area contributed by atoms with Crippen molar-refractivity contribution in [1.82, 2.24) is 18.3 Å². The first kappa shape index (κ1) is 48.0. The molecule has 84 heavy (non-hydrogen) atoms. The van der Waals surface area contributed by atoms with Gasteiger partial charge in [-0.05, 0) is 94.8 Å². The molecular formula is C76H52N6O2. The van der Waals surface area contributed by atoms with Crippen LogP contribution in [-0.2, 0) is 10.8 Å². The molecular weight excluding hydrogens is 1030 g/mol. The van der Waals surface area contributed by atoms with Gasteiger partial charge in [0.2, 0.25) is 0 Å². The Bertz CT molecular complexity index is 5600. The quantitative estimate of drug-likeness (QED) is 0.175. The molecule has 0 radical (unpaired) electrons. The number of para-hydroxylation sites is 6. The van der Waals surface area contributed by atoms with Gasteiger partial charge in [0.25, 0.3) is 0 Å². The first-order chi connectivity index (χ1) is 40.9. The zero-order valence-corrected chi connectivity index (χ0v) is 47.1. The molecule has 0 saturated heterocycles. The normalized spacial score (nSPS) is 12.6. The van der Waals surface area contributed by atoms with Crippen LogP contribution >= 0.6 is 0 Å². The third kappa shape index (κ3) is 6.34. The maximum atomic E-state index is 12.9. The first-order valence-corrected chi connectivity index (χ1v) is 28.7. The van der Waals surface area contributed by atoms with Gasteiger partial charge >= 0.3 is 0 Å². The number of aromatic nitrogens is 4. The maximum Gasteiger partial charge on any atom is 0.160 e. The van der Waals surface area contributed by atoms with Crippen molar-refractivity contribution >= 4 is 131 Å². The van der Waals surface area contributed by atoms with Crippen molar-refractivity contribution in [2.75, 3.05) is 0 Å². The van der Waals surface area contributed by atoms with Crippen molar-refractivity contribution in [2.24, 2.45) is 0 Å². The monoisotopic (exact) mass is 1080 g/mol. The van der Waals surface area contributed by atoms with Crippen LogP contribution in [0.2, 0.25) is 0 Å². The number of benzene rings is 11. The maximum absolute atomic E-state index is 12.9. The number of hydrogen-bond acceptors (Lipinski definition) is 4. The van der Waals surface area contributed by atoms with Crippen LogP contribution < -0.4 is 0 Å². The zero-order chi connectivity index (χ0) is 56.7. The van der Waals surface area contributed by atoms with Crippen molar-refractivity contribution in [1.29, 1.82) is 10.5 Å². The number of hydrogen-bond donors (Lipinski definition) is 0. The number of rotatable bonds is 4. The summed E-state index contributed by atoms with van der Waals surface area (Å²) in [6, 6.07) is 78.5. The lowest BCUT2D eigenvalue weighted by molar-refractivity contribution is 0.591. The molecule has 17 aromatic rings. The van der Waals surface area contributed by atoms with Crippen LogP contribution in [0.3, 0.4) is 0 Å². The van der Waals surface area contributed by atoms with E-state index in [-0.39, 0.29) is 10.8 Å². The van der Waals surface area contributed by atoms with Crippen LogP contribution in [0, 0.1) is 22.7 Å². The van der Waals surface area contributed by atoms with Crippen molar-refractivity contribution in [3.8, 4) is 34.9 Å². The molecule has 17 rings (SSSR count). The van der Waals surface area contributed by atoms with Crippen LogP contribution in [0.4, 0.5) is 0 Å². The number of nitrogens with zero attached hydrogens (tertiary/aromatic N) is 6. The Morgan fingerprint density at radius 1 is 0.298 bits per heavy atom. The van der Waals surface area contributed by atoms with Crippen molar-refractivity contribution in [3.63, 3.8) is 0 Å². The summed E-state index contributed by atoms with van der Waals surface area (Å²) in [6.07, 6.45) is 0. The van der Waals surface area contributed by atoms with Gasteiger partial charge in [0.15, 0.2) is 11.2 Å². The van der Waals surface area contributed by atoms with E-state index in [0.717, 1.165) is 125 Å². The van der Waals surface area contributed by atoms with E-state index < -0.39 is 0 Å². The second-order valence-corrected chi connectivity index (χ2v) is 24.6.